The molecule has 0 radical (unpaired) electrons. The van der Waals surface area contributed by atoms with Crippen LogP contribution in [0.25, 0.3) is 0 Å². The maximum absolute atomic E-state index is 6.34. The highest BCUT2D eigenvalue weighted by molar-refractivity contribution is 5.53. The van der Waals surface area contributed by atoms with Crippen LogP contribution in [0.1, 0.15) is 43.7 Å². The van der Waals surface area contributed by atoms with E-state index < -0.39 is 0 Å². The molecule has 0 unspecified atom stereocenters. The zero-order valence-corrected chi connectivity index (χ0v) is 19.0. The molecule has 168 valence electrons. The van der Waals surface area contributed by atoms with Crippen molar-refractivity contribution < 1.29 is 9.57 Å². The van der Waals surface area contributed by atoms with Gasteiger partial charge in [0.2, 0.25) is 0 Å². The second-order valence-electron chi connectivity index (χ2n) is 8.23. The van der Waals surface area contributed by atoms with E-state index in [0.29, 0.717) is 6.61 Å². The Kier molecular flexibility index (Phi) is 7.99. The zero-order chi connectivity index (χ0) is 22.0. The molecule has 32 heavy (non-hydrogen) atoms. The van der Waals surface area contributed by atoms with Crippen LogP contribution in [0, 0.1) is 0 Å². The predicted molar refractivity (Wildman–Crippen MR) is 129 cm³/mol. The van der Waals surface area contributed by atoms with Crippen molar-refractivity contribution in [3.8, 4) is 11.5 Å². The monoisotopic (exact) mass is 431 g/mol. The number of hydrogen-bond acceptors (Lipinski definition) is 5. The number of piperidine rings is 1. The largest absolute Gasteiger partial charge is 0.488 e. The highest BCUT2D eigenvalue weighted by atomic mass is 16.7. The number of anilines is 1. The number of aromatic nitrogens is 1. The molecule has 1 aliphatic rings. The van der Waals surface area contributed by atoms with E-state index in [1.165, 1.54) is 19.3 Å². The molecule has 0 aliphatic carbocycles. The predicted octanol–water partition coefficient (Wildman–Crippen LogP) is 5.86. The Labute approximate surface area is 191 Å². The molecule has 4 rings (SSSR count). The van der Waals surface area contributed by atoms with E-state index in [0.717, 1.165) is 61.0 Å². The van der Waals surface area contributed by atoms with Gasteiger partial charge in [-0.2, -0.15) is 5.06 Å². The topological polar surface area (TPSA) is 37.8 Å². The van der Waals surface area contributed by atoms with Crippen molar-refractivity contribution in [2.75, 3.05) is 24.7 Å². The molecule has 2 aromatic carbocycles. The minimum atomic E-state index is 0.532. The van der Waals surface area contributed by atoms with Crippen LogP contribution in [-0.4, -0.2) is 29.5 Å². The van der Waals surface area contributed by atoms with E-state index >= 15 is 0 Å². The smallest absolute Gasteiger partial charge is 0.171 e. The van der Waals surface area contributed by atoms with Gasteiger partial charge in [-0.05, 0) is 56.1 Å². The second-order valence-corrected chi connectivity index (χ2v) is 8.23. The van der Waals surface area contributed by atoms with Crippen molar-refractivity contribution in [3.63, 3.8) is 0 Å². The molecule has 2 heterocycles. The molecule has 3 aromatic rings. The van der Waals surface area contributed by atoms with Crippen LogP contribution >= 0.6 is 0 Å². The fourth-order valence-corrected chi connectivity index (χ4v) is 4.05. The molecule has 1 saturated heterocycles. The zero-order valence-electron chi connectivity index (χ0n) is 19.0. The second kappa shape index (κ2) is 11.5. The molecule has 0 saturated carbocycles. The highest BCUT2D eigenvalue weighted by Gasteiger charge is 2.22. The lowest BCUT2D eigenvalue weighted by molar-refractivity contribution is 0.212. The first-order valence-electron chi connectivity index (χ1n) is 11.7. The number of nitrogens with zero attached hydrogens (tertiary/aromatic N) is 3. The SMILES string of the molecule is CCCN(Oc1ccccc1)c1nccc(OCc2ccccc2)c1CN1CCCCC1. The Balaban J connectivity index is 1.63. The number of likely N-dealkylation sites (tertiary alicyclic amines) is 1. The third-order valence-electron chi connectivity index (χ3n) is 5.68. The molecule has 1 aromatic heterocycles. The Bertz CT molecular complexity index is 944. The molecule has 1 fully saturated rings. The fraction of sp³-hybridized carbons (Fsp3) is 0.370. The lowest BCUT2D eigenvalue weighted by atomic mass is 10.1. The molecule has 0 N–H and O–H groups in total. The van der Waals surface area contributed by atoms with E-state index in [-0.39, 0.29) is 0 Å². The van der Waals surface area contributed by atoms with Crippen molar-refractivity contribution in [1.29, 1.82) is 0 Å². The first kappa shape index (κ1) is 22.2. The fourth-order valence-electron chi connectivity index (χ4n) is 4.05. The van der Waals surface area contributed by atoms with Crippen LogP contribution in [0.4, 0.5) is 5.82 Å². The minimum absolute atomic E-state index is 0.532. The standard InChI is InChI=1S/C27H33N3O2/c1-2-18-30(32-24-14-8-4-9-15-24)27-25(21-29-19-10-5-11-20-29)26(16-17-28-27)31-22-23-12-6-3-7-13-23/h3-4,6-9,12-17H,2,5,10-11,18-22H2,1H3. The van der Waals surface area contributed by atoms with Crippen LogP contribution < -0.4 is 14.6 Å². The summed E-state index contributed by atoms with van der Waals surface area (Å²) in [5.74, 6) is 2.52. The lowest BCUT2D eigenvalue weighted by Crippen LogP contribution is -2.33. The lowest BCUT2D eigenvalue weighted by Gasteiger charge is -2.30. The Morgan fingerprint density at radius 2 is 1.62 bits per heavy atom. The number of ether oxygens (including phenoxy) is 1. The number of pyridine rings is 1. The minimum Gasteiger partial charge on any atom is -0.488 e. The van der Waals surface area contributed by atoms with Gasteiger partial charge < -0.3 is 9.57 Å². The molecule has 1 aliphatic heterocycles. The van der Waals surface area contributed by atoms with E-state index in [1.807, 2.05) is 65.9 Å². The van der Waals surface area contributed by atoms with Gasteiger partial charge in [0.25, 0.3) is 0 Å². The van der Waals surface area contributed by atoms with E-state index in [4.69, 9.17) is 14.6 Å². The quantitative estimate of drug-likeness (QED) is 0.376. The van der Waals surface area contributed by atoms with Crippen molar-refractivity contribution in [2.45, 2.75) is 45.8 Å². The summed E-state index contributed by atoms with van der Waals surface area (Å²) in [5, 5.41) is 1.92. The van der Waals surface area contributed by atoms with Crippen LogP contribution in [-0.2, 0) is 13.2 Å². The number of hydrogen-bond donors (Lipinski definition) is 0. The normalized spacial score (nSPS) is 14.2. The third kappa shape index (κ3) is 6.01. The van der Waals surface area contributed by atoms with Gasteiger partial charge in [-0.1, -0.05) is 61.9 Å². The maximum atomic E-state index is 6.34. The van der Waals surface area contributed by atoms with Crippen molar-refractivity contribution in [3.05, 3.63) is 84.1 Å². The van der Waals surface area contributed by atoms with Gasteiger partial charge in [-0.15, -0.1) is 0 Å². The van der Waals surface area contributed by atoms with Crippen molar-refractivity contribution in [1.82, 2.24) is 9.88 Å². The molecule has 0 bridgehead atoms. The summed E-state index contributed by atoms with van der Waals surface area (Å²) in [4.78, 5) is 13.6. The number of rotatable bonds is 10. The molecular weight excluding hydrogens is 398 g/mol. The number of para-hydroxylation sites is 1. The van der Waals surface area contributed by atoms with Gasteiger partial charge in [-0.25, -0.2) is 4.98 Å². The van der Waals surface area contributed by atoms with Gasteiger partial charge in [-0.3, -0.25) is 4.90 Å². The summed E-state index contributed by atoms with van der Waals surface area (Å²) in [7, 11) is 0. The molecular formula is C27H33N3O2. The van der Waals surface area contributed by atoms with Crippen LogP contribution in [0.3, 0.4) is 0 Å². The maximum Gasteiger partial charge on any atom is 0.171 e. The van der Waals surface area contributed by atoms with Gasteiger partial charge in [0.1, 0.15) is 12.4 Å². The Morgan fingerprint density at radius 1 is 0.906 bits per heavy atom. The molecule has 5 nitrogen and oxygen atoms in total. The summed E-state index contributed by atoms with van der Waals surface area (Å²) < 4.78 is 6.34. The molecule has 0 amide bonds. The van der Waals surface area contributed by atoms with Gasteiger partial charge in [0.15, 0.2) is 11.6 Å². The van der Waals surface area contributed by atoms with Gasteiger partial charge in [0.05, 0.1) is 12.1 Å². The third-order valence-corrected chi connectivity index (χ3v) is 5.68. The van der Waals surface area contributed by atoms with Crippen molar-refractivity contribution >= 4 is 5.82 Å². The first-order valence-corrected chi connectivity index (χ1v) is 11.7. The molecule has 0 atom stereocenters. The van der Waals surface area contributed by atoms with Gasteiger partial charge in [0, 0.05) is 12.7 Å². The summed E-state index contributed by atoms with van der Waals surface area (Å²) in [5.41, 5.74) is 2.25. The van der Waals surface area contributed by atoms with E-state index in [2.05, 4.69) is 24.0 Å². The molecule has 5 heteroatoms. The summed E-state index contributed by atoms with van der Waals surface area (Å²) in [6.45, 7) is 6.47. The van der Waals surface area contributed by atoms with E-state index in [1.54, 1.807) is 0 Å². The average Bonchev–Trinajstić information content (AvgIpc) is 2.85. The number of benzene rings is 2. The Hall–Kier alpha value is -3.05. The summed E-state index contributed by atoms with van der Waals surface area (Å²) in [6.07, 6.45) is 6.58. The van der Waals surface area contributed by atoms with Gasteiger partial charge >= 0.3 is 0 Å². The first-order chi connectivity index (χ1) is 15.8. The number of hydroxylamine groups is 1. The molecule has 0 spiro atoms. The summed E-state index contributed by atoms with van der Waals surface area (Å²) in [6, 6.07) is 22.2. The van der Waals surface area contributed by atoms with Crippen molar-refractivity contribution in [2.24, 2.45) is 0 Å². The van der Waals surface area contributed by atoms with Crippen LogP contribution in [0.5, 0.6) is 11.5 Å². The van der Waals surface area contributed by atoms with E-state index in [9.17, 15) is 0 Å². The highest BCUT2D eigenvalue weighted by Crippen LogP contribution is 2.31. The summed E-state index contributed by atoms with van der Waals surface area (Å²) >= 11 is 0. The average molecular weight is 432 g/mol. The van der Waals surface area contributed by atoms with Crippen LogP contribution in [0.15, 0.2) is 72.9 Å². The Morgan fingerprint density at radius 3 is 2.34 bits per heavy atom. The van der Waals surface area contributed by atoms with Crippen LogP contribution in [0.2, 0.25) is 0 Å².